The van der Waals surface area contributed by atoms with Gasteiger partial charge in [0.15, 0.2) is 12.3 Å². The third-order valence-electron chi connectivity index (χ3n) is 3.63. The van der Waals surface area contributed by atoms with Crippen molar-refractivity contribution in [2.75, 3.05) is 14.2 Å². The summed E-state index contributed by atoms with van der Waals surface area (Å²) in [6, 6.07) is 6.52. The summed E-state index contributed by atoms with van der Waals surface area (Å²) in [7, 11) is 2.80. The number of benzene rings is 1. The van der Waals surface area contributed by atoms with E-state index in [1.165, 1.54) is 37.6 Å². The Kier molecular flexibility index (Phi) is 7.16. The molecule has 2 aromatic rings. The monoisotopic (exact) mass is 413 g/mol. The maximum Gasteiger partial charge on any atom is 0.416 e. The minimum absolute atomic E-state index is 0.0169. The van der Waals surface area contributed by atoms with Crippen LogP contribution in [0.15, 0.2) is 46.0 Å². The predicted octanol–water partition coefficient (Wildman–Crippen LogP) is 3.80. The number of amides is 1. The van der Waals surface area contributed by atoms with Gasteiger partial charge in [-0.15, -0.1) is 11.3 Å². The van der Waals surface area contributed by atoms with Crippen LogP contribution in [0.5, 0.6) is 0 Å². The number of halogens is 3. The van der Waals surface area contributed by atoms with Gasteiger partial charge in [0.1, 0.15) is 7.11 Å². The van der Waals surface area contributed by atoms with Crippen LogP contribution in [0.2, 0.25) is 0 Å². The Balaban J connectivity index is 2.15. The molecule has 0 saturated heterocycles. The molecule has 2 rings (SSSR count). The Morgan fingerprint density at radius 1 is 1.25 bits per heavy atom. The van der Waals surface area contributed by atoms with Gasteiger partial charge >= 0.3 is 6.18 Å². The van der Waals surface area contributed by atoms with Gasteiger partial charge < -0.3 is 15.0 Å². The number of carbonyl (C=O) groups excluding carboxylic acids is 1. The number of hydrogen-bond acceptors (Lipinski definition) is 6. The molecule has 150 valence electrons. The molecule has 1 heterocycles. The number of hydrogen-bond donors (Lipinski definition) is 1. The van der Waals surface area contributed by atoms with E-state index in [2.05, 4.69) is 15.6 Å². The fourth-order valence-corrected chi connectivity index (χ4v) is 3.03. The van der Waals surface area contributed by atoms with Crippen molar-refractivity contribution in [2.24, 2.45) is 10.3 Å². The molecule has 1 aromatic heterocycles. The SMILES string of the molecule is CNC(=O)/C(=N\OC)c1ccsc1CO/N=C(\C)c1cccc(C(F)(F)F)c1. The van der Waals surface area contributed by atoms with Gasteiger partial charge in [0.05, 0.1) is 16.2 Å². The van der Waals surface area contributed by atoms with Crippen molar-refractivity contribution in [2.45, 2.75) is 19.7 Å². The molecule has 0 fully saturated rings. The van der Waals surface area contributed by atoms with Gasteiger partial charge in [-0.05, 0) is 36.1 Å². The Morgan fingerprint density at radius 3 is 2.64 bits per heavy atom. The average molecular weight is 413 g/mol. The molecule has 1 amide bonds. The second-order valence-corrected chi connectivity index (χ2v) is 6.49. The van der Waals surface area contributed by atoms with Crippen molar-refractivity contribution in [3.05, 3.63) is 57.3 Å². The zero-order valence-electron chi connectivity index (χ0n) is 15.3. The molecule has 1 N–H and O–H groups in total. The molecule has 6 nitrogen and oxygen atoms in total. The smallest absolute Gasteiger partial charge is 0.398 e. The summed E-state index contributed by atoms with van der Waals surface area (Å²) < 4.78 is 38.5. The van der Waals surface area contributed by atoms with Crippen LogP contribution in [0.1, 0.15) is 28.5 Å². The largest absolute Gasteiger partial charge is 0.416 e. The second kappa shape index (κ2) is 9.36. The Labute approximate surface area is 163 Å². The molecule has 1 aromatic carbocycles. The standard InChI is InChI=1S/C18H18F3N3O3S/c1-11(12-5-4-6-13(9-12)18(19,20)21)23-27-10-15-14(7-8-28-15)16(24-26-3)17(25)22-2/h4-9H,10H2,1-3H3,(H,22,25)/b23-11+,24-16-. The minimum Gasteiger partial charge on any atom is -0.398 e. The highest BCUT2D eigenvalue weighted by Crippen LogP contribution is 2.29. The molecule has 0 unspecified atom stereocenters. The van der Waals surface area contributed by atoms with Crippen LogP contribution in [0, 0.1) is 0 Å². The van der Waals surface area contributed by atoms with Crippen LogP contribution in [-0.4, -0.2) is 31.5 Å². The van der Waals surface area contributed by atoms with E-state index in [1.807, 2.05) is 0 Å². The van der Waals surface area contributed by atoms with Crippen molar-refractivity contribution in [1.29, 1.82) is 0 Å². The van der Waals surface area contributed by atoms with Gasteiger partial charge in [0.25, 0.3) is 5.91 Å². The highest BCUT2D eigenvalue weighted by Gasteiger charge is 2.30. The zero-order chi connectivity index (χ0) is 20.7. The Hall–Kier alpha value is -2.88. The van der Waals surface area contributed by atoms with E-state index in [0.717, 1.165) is 12.1 Å². The summed E-state index contributed by atoms with van der Waals surface area (Å²) in [5.41, 5.74) is 0.446. The second-order valence-electron chi connectivity index (χ2n) is 5.49. The van der Waals surface area contributed by atoms with Crippen molar-refractivity contribution >= 4 is 28.7 Å². The maximum atomic E-state index is 12.8. The first kappa shape index (κ1) is 21.4. The molecule has 0 spiro atoms. The van der Waals surface area contributed by atoms with Crippen LogP contribution in [-0.2, 0) is 27.3 Å². The third kappa shape index (κ3) is 5.32. The number of likely N-dealkylation sites (N-methyl/N-ethyl adjacent to an activating group) is 1. The molecule has 0 radical (unpaired) electrons. The lowest BCUT2D eigenvalue weighted by Gasteiger charge is -2.09. The number of carbonyl (C=O) groups is 1. The van der Waals surface area contributed by atoms with Crippen molar-refractivity contribution < 1.29 is 27.6 Å². The van der Waals surface area contributed by atoms with Crippen LogP contribution in [0.3, 0.4) is 0 Å². The number of nitrogens with one attached hydrogen (secondary N) is 1. The van der Waals surface area contributed by atoms with Crippen LogP contribution in [0.25, 0.3) is 0 Å². The molecule has 0 bridgehead atoms. The number of thiophene rings is 1. The molecule has 0 aliphatic heterocycles. The fourth-order valence-electron chi connectivity index (χ4n) is 2.25. The summed E-state index contributed by atoms with van der Waals surface area (Å²) in [6.45, 7) is 1.57. The quantitative estimate of drug-likeness (QED) is 0.554. The van der Waals surface area contributed by atoms with Crippen molar-refractivity contribution in [1.82, 2.24) is 5.32 Å². The highest BCUT2D eigenvalue weighted by molar-refractivity contribution is 7.10. The summed E-state index contributed by atoms with van der Waals surface area (Å²) >= 11 is 1.33. The summed E-state index contributed by atoms with van der Waals surface area (Å²) in [4.78, 5) is 22.6. The number of nitrogens with zero attached hydrogens (tertiary/aromatic N) is 2. The molecule has 0 aliphatic rings. The topological polar surface area (TPSA) is 72.3 Å². The Bertz CT molecular complexity index is 891. The first-order valence-electron chi connectivity index (χ1n) is 8.02. The number of rotatable bonds is 7. The van der Waals surface area contributed by atoms with Crippen molar-refractivity contribution in [3.63, 3.8) is 0 Å². The molecular formula is C18H18F3N3O3S. The maximum absolute atomic E-state index is 12.8. The highest BCUT2D eigenvalue weighted by atomic mass is 32.1. The minimum atomic E-state index is -4.43. The molecule has 0 atom stereocenters. The lowest BCUT2D eigenvalue weighted by atomic mass is 10.1. The van der Waals surface area contributed by atoms with Gasteiger partial charge in [-0.1, -0.05) is 22.4 Å². The average Bonchev–Trinajstić information content (AvgIpc) is 3.13. The van der Waals surface area contributed by atoms with E-state index in [4.69, 9.17) is 9.68 Å². The fraction of sp³-hybridized carbons (Fsp3) is 0.278. The molecule has 0 aliphatic carbocycles. The summed E-state index contributed by atoms with van der Waals surface area (Å²) in [5.74, 6) is -0.426. The predicted molar refractivity (Wildman–Crippen MR) is 100 cm³/mol. The lowest BCUT2D eigenvalue weighted by Crippen LogP contribution is -2.28. The van der Waals surface area contributed by atoms with Gasteiger partial charge in [0, 0.05) is 12.6 Å². The first-order chi connectivity index (χ1) is 13.3. The Morgan fingerprint density at radius 2 is 2.00 bits per heavy atom. The van der Waals surface area contributed by atoms with E-state index < -0.39 is 17.6 Å². The zero-order valence-corrected chi connectivity index (χ0v) is 16.1. The number of oxime groups is 2. The molecule has 0 saturated carbocycles. The van der Waals surface area contributed by atoms with E-state index in [0.29, 0.717) is 21.7 Å². The van der Waals surface area contributed by atoms with E-state index in [1.54, 1.807) is 18.4 Å². The van der Waals surface area contributed by atoms with E-state index in [-0.39, 0.29) is 12.3 Å². The van der Waals surface area contributed by atoms with Crippen LogP contribution < -0.4 is 5.32 Å². The molecular weight excluding hydrogens is 395 g/mol. The lowest BCUT2D eigenvalue weighted by molar-refractivity contribution is -0.137. The van der Waals surface area contributed by atoms with Gasteiger partial charge in [-0.2, -0.15) is 13.2 Å². The van der Waals surface area contributed by atoms with Gasteiger partial charge in [-0.3, -0.25) is 4.79 Å². The van der Waals surface area contributed by atoms with Crippen molar-refractivity contribution in [3.8, 4) is 0 Å². The van der Waals surface area contributed by atoms with E-state index in [9.17, 15) is 18.0 Å². The van der Waals surface area contributed by atoms with Crippen LogP contribution >= 0.6 is 11.3 Å². The summed E-state index contributed by atoms with van der Waals surface area (Å²) in [6.07, 6.45) is -4.43. The third-order valence-corrected chi connectivity index (χ3v) is 4.52. The summed E-state index contributed by atoms with van der Waals surface area (Å²) in [5, 5.41) is 11.9. The normalized spacial score (nSPS) is 12.6. The van der Waals surface area contributed by atoms with Gasteiger partial charge in [0.2, 0.25) is 0 Å². The molecule has 28 heavy (non-hydrogen) atoms. The molecule has 10 heteroatoms. The first-order valence-corrected chi connectivity index (χ1v) is 8.90. The number of alkyl halides is 3. The van der Waals surface area contributed by atoms with Crippen LogP contribution in [0.4, 0.5) is 13.2 Å². The van der Waals surface area contributed by atoms with Gasteiger partial charge in [-0.25, -0.2) is 0 Å². The van der Waals surface area contributed by atoms with E-state index >= 15 is 0 Å².